The zero-order valence-electron chi connectivity index (χ0n) is 23.9. The van der Waals surface area contributed by atoms with E-state index in [-0.39, 0.29) is 23.9 Å². The highest BCUT2D eigenvalue weighted by Gasteiger charge is 2.40. The number of anilines is 2. The van der Waals surface area contributed by atoms with Crippen LogP contribution < -0.4 is 15.5 Å². The van der Waals surface area contributed by atoms with Gasteiger partial charge in [-0.15, -0.1) is 11.8 Å². The van der Waals surface area contributed by atoms with Crippen molar-refractivity contribution in [2.24, 2.45) is 0 Å². The quantitative estimate of drug-likeness (QED) is 0.125. The van der Waals surface area contributed by atoms with Crippen LogP contribution in [0.1, 0.15) is 32.7 Å². The Hall–Kier alpha value is -5.00. The Labute approximate surface area is 271 Å². The summed E-state index contributed by atoms with van der Waals surface area (Å²) in [5.41, 5.74) is 2.33. The van der Waals surface area contributed by atoms with Gasteiger partial charge in [0.25, 0.3) is 11.8 Å². The minimum Gasteiger partial charge on any atom is -0.465 e. The van der Waals surface area contributed by atoms with E-state index in [0.717, 1.165) is 14.3 Å². The molecule has 1 unspecified atom stereocenters. The lowest BCUT2D eigenvalue weighted by Gasteiger charge is -2.15. The second kappa shape index (κ2) is 14.2. The van der Waals surface area contributed by atoms with Crippen molar-refractivity contribution in [1.82, 2.24) is 5.32 Å². The molecule has 0 spiro atoms. The number of nitrogens with one attached hydrogen (secondary N) is 2. The summed E-state index contributed by atoms with van der Waals surface area (Å²) in [7, 11) is 1.28. The predicted octanol–water partition coefficient (Wildman–Crippen LogP) is 6.07. The molecule has 4 amide bonds. The Balaban J connectivity index is 1.26. The molecule has 5 rings (SSSR count). The molecule has 0 aliphatic carbocycles. The van der Waals surface area contributed by atoms with Crippen LogP contribution in [0.15, 0.2) is 118 Å². The highest BCUT2D eigenvalue weighted by molar-refractivity contribution is 9.10. The number of ether oxygens (including phenoxy) is 1. The number of benzene rings is 4. The average Bonchev–Trinajstić information content (AvgIpc) is 3.33. The SMILES string of the molecule is COC(=O)c1ccc(N2C(=O)CC(Sc3ccc(NC(=O)/C(=C/c4cccc(Br)c4)NC(=O)c4ccccc4)cc3)C2=O)cc1. The average molecular weight is 685 g/mol. The summed E-state index contributed by atoms with van der Waals surface area (Å²) in [6, 6.07) is 28.8. The minimum absolute atomic E-state index is 0.0195. The van der Waals surface area contributed by atoms with Gasteiger partial charge in [0.1, 0.15) is 5.70 Å². The number of carbonyl (C=O) groups excluding carboxylic acids is 5. The van der Waals surface area contributed by atoms with Crippen molar-refractivity contribution in [1.29, 1.82) is 0 Å². The topological polar surface area (TPSA) is 122 Å². The van der Waals surface area contributed by atoms with E-state index in [1.807, 2.05) is 24.3 Å². The van der Waals surface area contributed by atoms with Crippen molar-refractivity contribution in [3.8, 4) is 0 Å². The molecular weight excluding hydrogens is 658 g/mol. The summed E-state index contributed by atoms with van der Waals surface area (Å²) in [5, 5.41) is 4.89. The molecule has 1 heterocycles. The Morgan fingerprint density at radius 3 is 2.27 bits per heavy atom. The van der Waals surface area contributed by atoms with Gasteiger partial charge in [0.15, 0.2) is 0 Å². The van der Waals surface area contributed by atoms with Crippen LogP contribution in [0, 0.1) is 0 Å². The Bertz CT molecular complexity index is 1790. The first kappa shape index (κ1) is 31.4. The van der Waals surface area contributed by atoms with Crippen molar-refractivity contribution in [2.75, 3.05) is 17.3 Å². The maximum absolute atomic E-state index is 13.3. The van der Waals surface area contributed by atoms with Gasteiger partial charge in [0, 0.05) is 27.0 Å². The fraction of sp³-hybridized carbons (Fsp3) is 0.0882. The number of hydrogen-bond donors (Lipinski definition) is 2. The number of hydrogen-bond acceptors (Lipinski definition) is 7. The van der Waals surface area contributed by atoms with Crippen LogP contribution in [0.4, 0.5) is 11.4 Å². The van der Waals surface area contributed by atoms with Gasteiger partial charge >= 0.3 is 5.97 Å². The second-order valence-corrected chi connectivity index (χ2v) is 12.0. The zero-order chi connectivity index (χ0) is 31.9. The van der Waals surface area contributed by atoms with Crippen LogP contribution in [0.5, 0.6) is 0 Å². The molecule has 4 aromatic rings. The van der Waals surface area contributed by atoms with Crippen molar-refractivity contribution in [3.63, 3.8) is 0 Å². The normalized spacial score (nSPS) is 14.7. The summed E-state index contributed by atoms with van der Waals surface area (Å²) in [4.78, 5) is 65.6. The lowest BCUT2D eigenvalue weighted by molar-refractivity contribution is -0.121. The molecule has 2 N–H and O–H groups in total. The van der Waals surface area contributed by atoms with Gasteiger partial charge < -0.3 is 15.4 Å². The number of thioether (sulfide) groups is 1. The van der Waals surface area contributed by atoms with Gasteiger partial charge in [-0.3, -0.25) is 19.2 Å². The van der Waals surface area contributed by atoms with Gasteiger partial charge in [0.2, 0.25) is 11.8 Å². The molecule has 11 heteroatoms. The number of amides is 4. The minimum atomic E-state index is -0.633. The molecule has 1 saturated heterocycles. The fourth-order valence-electron chi connectivity index (χ4n) is 4.52. The molecule has 9 nitrogen and oxygen atoms in total. The lowest BCUT2D eigenvalue weighted by Crippen LogP contribution is -2.31. The number of imide groups is 1. The summed E-state index contributed by atoms with van der Waals surface area (Å²) in [6.45, 7) is 0. The van der Waals surface area contributed by atoms with E-state index in [1.54, 1.807) is 60.7 Å². The van der Waals surface area contributed by atoms with Crippen molar-refractivity contribution in [3.05, 3.63) is 130 Å². The van der Waals surface area contributed by atoms with Gasteiger partial charge in [-0.2, -0.15) is 0 Å². The smallest absolute Gasteiger partial charge is 0.337 e. The van der Waals surface area contributed by atoms with Crippen LogP contribution in [0.25, 0.3) is 6.08 Å². The third kappa shape index (κ3) is 7.75. The van der Waals surface area contributed by atoms with Crippen LogP contribution in [-0.4, -0.2) is 42.0 Å². The first-order valence-corrected chi connectivity index (χ1v) is 15.4. The van der Waals surface area contributed by atoms with Crippen LogP contribution in [0.3, 0.4) is 0 Å². The first-order chi connectivity index (χ1) is 21.7. The molecule has 1 aliphatic heterocycles. The second-order valence-electron chi connectivity index (χ2n) is 9.83. The van der Waals surface area contributed by atoms with E-state index in [0.29, 0.717) is 28.1 Å². The van der Waals surface area contributed by atoms with Gasteiger partial charge in [0.05, 0.1) is 23.6 Å². The molecule has 0 aromatic heterocycles. The summed E-state index contributed by atoms with van der Waals surface area (Å²) in [6.07, 6.45) is 1.61. The van der Waals surface area contributed by atoms with E-state index < -0.39 is 23.0 Å². The highest BCUT2D eigenvalue weighted by Crippen LogP contribution is 2.34. The Morgan fingerprint density at radius 1 is 0.889 bits per heavy atom. The summed E-state index contributed by atoms with van der Waals surface area (Å²) >= 11 is 4.67. The number of carbonyl (C=O) groups is 5. The van der Waals surface area contributed by atoms with E-state index in [2.05, 4.69) is 26.6 Å². The fourth-order valence-corrected chi connectivity index (χ4v) is 5.99. The molecule has 1 aliphatic rings. The highest BCUT2D eigenvalue weighted by atomic mass is 79.9. The van der Waals surface area contributed by atoms with Crippen molar-refractivity contribution in [2.45, 2.75) is 16.6 Å². The van der Waals surface area contributed by atoms with Crippen LogP contribution in [-0.2, 0) is 19.1 Å². The maximum atomic E-state index is 13.3. The Morgan fingerprint density at radius 2 is 1.60 bits per heavy atom. The summed E-state index contributed by atoms with van der Waals surface area (Å²) in [5.74, 6) is -2.16. The molecule has 45 heavy (non-hydrogen) atoms. The number of methoxy groups -OCH3 is 1. The third-order valence-electron chi connectivity index (χ3n) is 6.73. The van der Waals surface area contributed by atoms with E-state index >= 15 is 0 Å². The van der Waals surface area contributed by atoms with Crippen molar-refractivity contribution >= 4 is 74.7 Å². The van der Waals surface area contributed by atoms with Crippen LogP contribution >= 0.6 is 27.7 Å². The van der Waals surface area contributed by atoms with E-state index in [4.69, 9.17) is 4.74 Å². The molecule has 4 aromatic carbocycles. The molecule has 0 saturated carbocycles. The number of halogens is 1. The lowest BCUT2D eigenvalue weighted by atomic mass is 10.1. The third-order valence-corrected chi connectivity index (χ3v) is 8.42. The monoisotopic (exact) mass is 683 g/mol. The molecule has 226 valence electrons. The van der Waals surface area contributed by atoms with E-state index in [9.17, 15) is 24.0 Å². The Kier molecular flexibility index (Phi) is 9.91. The van der Waals surface area contributed by atoms with Crippen molar-refractivity contribution < 1.29 is 28.7 Å². The molecule has 1 atom stereocenters. The largest absolute Gasteiger partial charge is 0.465 e. The summed E-state index contributed by atoms with van der Waals surface area (Å²) < 4.78 is 5.51. The van der Waals surface area contributed by atoms with Gasteiger partial charge in [-0.25, -0.2) is 9.69 Å². The number of nitrogens with zero attached hydrogens (tertiary/aromatic N) is 1. The molecule has 0 bridgehead atoms. The molecule has 1 fully saturated rings. The standard InChI is InChI=1S/C34H26BrN3O6S/c1-44-34(43)23-10-14-26(15-11-23)38-30(39)20-29(33(38)42)45-27-16-12-25(13-17-27)36-32(41)28(19-21-6-5-9-24(35)18-21)37-31(40)22-7-3-2-4-8-22/h2-19,29H,20H2,1H3,(H,36,41)(H,37,40)/b28-19-. The van der Waals surface area contributed by atoms with Gasteiger partial charge in [-0.1, -0.05) is 46.3 Å². The zero-order valence-corrected chi connectivity index (χ0v) is 26.3. The number of rotatable bonds is 9. The molecular formula is C34H26BrN3O6S. The maximum Gasteiger partial charge on any atom is 0.337 e. The predicted molar refractivity (Wildman–Crippen MR) is 176 cm³/mol. The van der Waals surface area contributed by atoms with Gasteiger partial charge in [-0.05, 0) is 84.4 Å². The van der Waals surface area contributed by atoms with E-state index in [1.165, 1.54) is 43.1 Å². The van der Waals surface area contributed by atoms with Crippen LogP contribution in [0.2, 0.25) is 0 Å². The molecule has 0 radical (unpaired) electrons. The number of esters is 1. The first-order valence-electron chi connectivity index (χ1n) is 13.7.